The number of rotatable bonds is 3. The van der Waals surface area contributed by atoms with Gasteiger partial charge in [-0.3, -0.25) is 4.79 Å². The highest BCUT2D eigenvalue weighted by atomic mass is 19.1. The highest BCUT2D eigenvalue weighted by Crippen LogP contribution is 2.20. The summed E-state index contributed by atoms with van der Waals surface area (Å²) >= 11 is 0. The van der Waals surface area contributed by atoms with Crippen molar-refractivity contribution in [3.05, 3.63) is 65.6 Å². The van der Waals surface area contributed by atoms with Crippen molar-refractivity contribution >= 4 is 28.5 Å². The fourth-order valence-corrected chi connectivity index (χ4v) is 2.30. The molecule has 0 aliphatic carbocycles. The summed E-state index contributed by atoms with van der Waals surface area (Å²) in [4.78, 5) is 27.0. The number of fused-ring (bicyclic) bond motifs is 1. The van der Waals surface area contributed by atoms with Gasteiger partial charge in [-0.2, -0.15) is 0 Å². The number of amides is 1. The molecule has 2 aromatic carbocycles. The van der Waals surface area contributed by atoms with Gasteiger partial charge in [-0.15, -0.1) is 0 Å². The van der Waals surface area contributed by atoms with E-state index in [0.717, 1.165) is 0 Å². The van der Waals surface area contributed by atoms with Gasteiger partial charge in [0.1, 0.15) is 11.5 Å². The molecule has 0 spiro atoms. The number of hydrogen-bond donors (Lipinski definition) is 2. The van der Waals surface area contributed by atoms with E-state index in [-0.39, 0.29) is 17.1 Å². The van der Waals surface area contributed by atoms with Crippen LogP contribution in [0.4, 0.5) is 10.1 Å². The zero-order valence-electron chi connectivity index (χ0n) is 12.2. The Morgan fingerprint density at radius 3 is 2.70 bits per heavy atom. The van der Waals surface area contributed by atoms with Gasteiger partial charge >= 0.3 is 5.97 Å². The lowest BCUT2D eigenvalue weighted by molar-refractivity contribution is 0.0602. The van der Waals surface area contributed by atoms with Gasteiger partial charge in [-0.1, -0.05) is 12.1 Å². The molecular formula is C17H13FN2O3. The van der Waals surface area contributed by atoms with Crippen LogP contribution in [0.25, 0.3) is 10.9 Å². The molecule has 1 amide bonds. The van der Waals surface area contributed by atoms with Gasteiger partial charge in [0, 0.05) is 10.9 Å². The molecule has 0 saturated heterocycles. The summed E-state index contributed by atoms with van der Waals surface area (Å²) in [6.07, 6.45) is 0. The van der Waals surface area contributed by atoms with Gasteiger partial charge in [0.05, 0.1) is 18.4 Å². The molecule has 5 nitrogen and oxygen atoms in total. The molecule has 0 unspecified atom stereocenters. The number of carbonyl (C=O) groups is 2. The van der Waals surface area contributed by atoms with E-state index in [0.29, 0.717) is 16.6 Å². The normalized spacial score (nSPS) is 10.5. The van der Waals surface area contributed by atoms with Crippen molar-refractivity contribution in [2.24, 2.45) is 0 Å². The van der Waals surface area contributed by atoms with E-state index in [1.54, 1.807) is 36.4 Å². The highest BCUT2D eigenvalue weighted by molar-refractivity contribution is 6.08. The van der Waals surface area contributed by atoms with E-state index >= 15 is 0 Å². The first kappa shape index (κ1) is 14.8. The third-order valence-electron chi connectivity index (χ3n) is 3.41. The van der Waals surface area contributed by atoms with Crippen molar-refractivity contribution in [3.63, 3.8) is 0 Å². The largest absolute Gasteiger partial charge is 0.465 e. The fraction of sp³-hybridized carbons (Fsp3) is 0.0588. The number of halogens is 1. The Morgan fingerprint density at radius 2 is 1.91 bits per heavy atom. The van der Waals surface area contributed by atoms with E-state index in [9.17, 15) is 14.0 Å². The predicted molar refractivity (Wildman–Crippen MR) is 84.0 cm³/mol. The first-order chi connectivity index (χ1) is 11.1. The molecular weight excluding hydrogens is 299 g/mol. The van der Waals surface area contributed by atoms with Crippen molar-refractivity contribution in [1.82, 2.24) is 4.98 Å². The Kier molecular flexibility index (Phi) is 3.80. The van der Waals surface area contributed by atoms with E-state index < -0.39 is 11.9 Å². The number of H-pyrrole nitrogens is 1. The summed E-state index contributed by atoms with van der Waals surface area (Å²) in [5.74, 6) is -1.35. The molecule has 0 aliphatic rings. The van der Waals surface area contributed by atoms with Crippen molar-refractivity contribution in [2.45, 2.75) is 0 Å². The Morgan fingerprint density at radius 1 is 1.13 bits per heavy atom. The average molecular weight is 312 g/mol. The molecule has 0 saturated carbocycles. The summed E-state index contributed by atoms with van der Waals surface area (Å²) in [6, 6.07) is 12.3. The molecule has 1 heterocycles. The molecule has 0 fully saturated rings. The summed E-state index contributed by atoms with van der Waals surface area (Å²) in [7, 11) is 1.27. The summed E-state index contributed by atoms with van der Waals surface area (Å²) < 4.78 is 17.9. The lowest BCUT2D eigenvalue weighted by atomic mass is 10.1. The van der Waals surface area contributed by atoms with Crippen molar-refractivity contribution in [3.8, 4) is 0 Å². The number of benzene rings is 2. The minimum atomic E-state index is -0.542. The summed E-state index contributed by atoms with van der Waals surface area (Å²) in [5, 5.41) is 3.25. The molecule has 6 heteroatoms. The first-order valence-electron chi connectivity index (χ1n) is 6.85. The van der Waals surface area contributed by atoms with Crippen LogP contribution < -0.4 is 5.32 Å². The van der Waals surface area contributed by atoms with Crippen LogP contribution in [0.5, 0.6) is 0 Å². The van der Waals surface area contributed by atoms with Crippen LogP contribution in [0.15, 0.2) is 48.5 Å². The standard InChI is InChI=1S/C17H13FN2O3/c1-23-17(22)12-4-2-3-5-14(12)20-16(21)15-9-10-8-11(18)6-7-13(10)19-15/h2-9,19H,1H3,(H,20,21). The van der Waals surface area contributed by atoms with E-state index in [2.05, 4.69) is 15.0 Å². The molecule has 23 heavy (non-hydrogen) atoms. The minimum absolute atomic E-state index is 0.255. The summed E-state index contributed by atoms with van der Waals surface area (Å²) in [6.45, 7) is 0. The van der Waals surface area contributed by atoms with Gasteiger partial charge in [0.25, 0.3) is 5.91 Å². The number of anilines is 1. The number of para-hydroxylation sites is 1. The molecule has 0 radical (unpaired) electrons. The highest BCUT2D eigenvalue weighted by Gasteiger charge is 2.15. The minimum Gasteiger partial charge on any atom is -0.465 e. The van der Waals surface area contributed by atoms with Crippen molar-refractivity contribution < 1.29 is 18.7 Å². The lowest BCUT2D eigenvalue weighted by Crippen LogP contribution is -2.15. The molecule has 3 aromatic rings. The predicted octanol–water partition coefficient (Wildman–Crippen LogP) is 3.35. The monoisotopic (exact) mass is 312 g/mol. The molecule has 1 aromatic heterocycles. The number of aromatic amines is 1. The molecule has 2 N–H and O–H groups in total. The second-order valence-corrected chi connectivity index (χ2v) is 4.91. The maximum absolute atomic E-state index is 13.2. The van der Waals surface area contributed by atoms with E-state index in [1.807, 2.05) is 0 Å². The quantitative estimate of drug-likeness (QED) is 0.729. The van der Waals surface area contributed by atoms with E-state index in [1.165, 1.54) is 19.2 Å². The SMILES string of the molecule is COC(=O)c1ccccc1NC(=O)c1cc2cc(F)ccc2[nH]1. The van der Waals surface area contributed by atoms with Crippen LogP contribution in [0.2, 0.25) is 0 Å². The number of hydrogen-bond acceptors (Lipinski definition) is 3. The van der Waals surface area contributed by atoms with Gasteiger partial charge in [-0.25, -0.2) is 9.18 Å². The van der Waals surface area contributed by atoms with Gasteiger partial charge in [0.15, 0.2) is 0 Å². The Bertz CT molecular complexity index is 902. The van der Waals surface area contributed by atoms with Crippen LogP contribution in [-0.4, -0.2) is 24.0 Å². The average Bonchev–Trinajstić information content (AvgIpc) is 2.98. The third-order valence-corrected chi connectivity index (χ3v) is 3.41. The second-order valence-electron chi connectivity index (χ2n) is 4.91. The lowest BCUT2D eigenvalue weighted by Gasteiger charge is -2.08. The van der Waals surface area contributed by atoms with Crippen LogP contribution in [-0.2, 0) is 4.74 Å². The van der Waals surface area contributed by atoms with E-state index in [4.69, 9.17) is 0 Å². The van der Waals surface area contributed by atoms with Gasteiger partial charge in [0.2, 0.25) is 0 Å². The topological polar surface area (TPSA) is 71.2 Å². The zero-order chi connectivity index (χ0) is 16.4. The Hall–Kier alpha value is -3.15. The van der Waals surface area contributed by atoms with Crippen LogP contribution in [0, 0.1) is 5.82 Å². The zero-order valence-corrected chi connectivity index (χ0v) is 12.2. The van der Waals surface area contributed by atoms with Crippen LogP contribution >= 0.6 is 0 Å². The third kappa shape index (κ3) is 2.91. The van der Waals surface area contributed by atoms with Gasteiger partial charge in [-0.05, 0) is 36.4 Å². The maximum Gasteiger partial charge on any atom is 0.339 e. The van der Waals surface area contributed by atoms with Crippen molar-refractivity contribution in [2.75, 3.05) is 12.4 Å². The number of methoxy groups -OCH3 is 1. The second kappa shape index (κ2) is 5.92. The number of aromatic nitrogens is 1. The van der Waals surface area contributed by atoms with Crippen LogP contribution in [0.1, 0.15) is 20.8 Å². The van der Waals surface area contributed by atoms with Crippen molar-refractivity contribution in [1.29, 1.82) is 0 Å². The number of nitrogens with one attached hydrogen (secondary N) is 2. The molecule has 116 valence electrons. The van der Waals surface area contributed by atoms with Gasteiger partial charge < -0.3 is 15.0 Å². The smallest absolute Gasteiger partial charge is 0.339 e. The first-order valence-corrected chi connectivity index (χ1v) is 6.85. The summed E-state index contributed by atoms with van der Waals surface area (Å²) in [5.41, 5.74) is 1.52. The number of esters is 1. The molecule has 0 aliphatic heterocycles. The number of carbonyl (C=O) groups excluding carboxylic acids is 2. The molecule has 0 atom stereocenters. The van der Waals surface area contributed by atoms with Crippen LogP contribution in [0.3, 0.4) is 0 Å². The molecule has 3 rings (SSSR count). The molecule has 0 bridgehead atoms. The number of ether oxygens (including phenoxy) is 1. The fourth-order valence-electron chi connectivity index (χ4n) is 2.30. The maximum atomic E-state index is 13.2. The Balaban J connectivity index is 1.90. The Labute approximate surface area is 131 Å².